The van der Waals surface area contributed by atoms with Crippen LogP contribution in [-0.2, 0) is 21.9 Å². The maximum atomic E-state index is 13.4. The summed E-state index contributed by atoms with van der Waals surface area (Å²) >= 11 is 0. The standard InChI is InChI=1S/C15H19F4N5O4S/c1-22-8-10(6-20-22)29(27,28)23-4-2-3-9(7-23)13(25)24-15(26,14(18)19)5-11(21-24)12(16)17/h6,8-9,12,14,26H,2-5,7H2,1H3/t9-,15+/m0/s1. The van der Waals surface area contributed by atoms with E-state index in [0.717, 1.165) is 10.5 Å². The van der Waals surface area contributed by atoms with Crippen molar-refractivity contribution in [3.8, 4) is 0 Å². The van der Waals surface area contributed by atoms with Crippen molar-refractivity contribution in [1.82, 2.24) is 19.1 Å². The number of aliphatic hydroxyl groups is 1. The first-order valence-corrected chi connectivity index (χ1v) is 10.1. The highest BCUT2D eigenvalue weighted by Gasteiger charge is 2.54. The molecule has 9 nitrogen and oxygen atoms in total. The first-order chi connectivity index (χ1) is 13.5. The molecule has 0 spiro atoms. The Bertz CT molecular complexity index is 922. The van der Waals surface area contributed by atoms with Crippen molar-refractivity contribution in [1.29, 1.82) is 0 Å². The number of amides is 1. The molecule has 0 aliphatic carbocycles. The second kappa shape index (κ2) is 7.65. The molecule has 29 heavy (non-hydrogen) atoms. The van der Waals surface area contributed by atoms with E-state index in [9.17, 15) is 35.9 Å². The summed E-state index contributed by atoms with van der Waals surface area (Å²) < 4.78 is 80.3. The lowest BCUT2D eigenvalue weighted by atomic mass is 9.97. The molecule has 1 N–H and O–H groups in total. The predicted molar refractivity (Wildman–Crippen MR) is 90.5 cm³/mol. The molecule has 2 aliphatic heterocycles. The third-order valence-electron chi connectivity index (χ3n) is 4.90. The number of rotatable bonds is 5. The Morgan fingerprint density at radius 3 is 2.59 bits per heavy atom. The highest BCUT2D eigenvalue weighted by atomic mass is 32.2. The Morgan fingerprint density at radius 1 is 1.34 bits per heavy atom. The number of hydrazone groups is 1. The zero-order valence-corrected chi connectivity index (χ0v) is 16.1. The van der Waals surface area contributed by atoms with Gasteiger partial charge in [-0.15, -0.1) is 0 Å². The van der Waals surface area contributed by atoms with Gasteiger partial charge in [-0.05, 0) is 12.8 Å². The maximum absolute atomic E-state index is 13.4. The fraction of sp³-hybridized carbons (Fsp3) is 0.667. The number of halogens is 4. The third-order valence-corrected chi connectivity index (χ3v) is 6.72. The summed E-state index contributed by atoms with van der Waals surface area (Å²) in [5, 5.41) is 17.1. The number of sulfonamides is 1. The van der Waals surface area contributed by atoms with Gasteiger partial charge in [0.25, 0.3) is 12.9 Å². The zero-order valence-electron chi connectivity index (χ0n) is 15.3. The highest BCUT2D eigenvalue weighted by molar-refractivity contribution is 7.89. The Morgan fingerprint density at radius 2 is 2.03 bits per heavy atom. The molecular formula is C15H19F4N5O4S. The van der Waals surface area contributed by atoms with E-state index >= 15 is 0 Å². The summed E-state index contributed by atoms with van der Waals surface area (Å²) in [6.07, 6.45) is -5.16. The summed E-state index contributed by atoms with van der Waals surface area (Å²) in [4.78, 5) is 12.6. The summed E-state index contributed by atoms with van der Waals surface area (Å²) in [5.74, 6) is -2.25. The van der Waals surface area contributed by atoms with Gasteiger partial charge in [-0.3, -0.25) is 9.48 Å². The molecule has 0 bridgehead atoms. The summed E-state index contributed by atoms with van der Waals surface area (Å²) in [6.45, 7) is -0.267. The van der Waals surface area contributed by atoms with Crippen LogP contribution < -0.4 is 0 Å². The van der Waals surface area contributed by atoms with Crippen LogP contribution in [0.4, 0.5) is 17.6 Å². The lowest BCUT2D eigenvalue weighted by Gasteiger charge is -2.36. The van der Waals surface area contributed by atoms with Crippen molar-refractivity contribution >= 4 is 21.6 Å². The molecule has 14 heteroatoms. The number of aryl methyl sites for hydroxylation is 1. The van der Waals surface area contributed by atoms with E-state index in [1.54, 1.807) is 0 Å². The zero-order chi connectivity index (χ0) is 21.6. The molecule has 0 radical (unpaired) electrons. The van der Waals surface area contributed by atoms with Gasteiger partial charge in [0.2, 0.25) is 21.7 Å². The Hall–Kier alpha value is -2.06. The van der Waals surface area contributed by atoms with E-state index < -0.39 is 52.6 Å². The SMILES string of the molecule is Cn1cc(S(=O)(=O)N2CCC[C@H](C(=O)N3N=C(C(F)F)C[C@@]3(O)C(F)F)C2)cn1. The maximum Gasteiger partial charge on any atom is 0.287 e. The minimum atomic E-state index is -3.99. The first-order valence-electron chi connectivity index (χ1n) is 8.65. The van der Waals surface area contributed by atoms with Crippen molar-refractivity contribution < 1.29 is 35.9 Å². The van der Waals surface area contributed by atoms with Crippen molar-refractivity contribution in [2.75, 3.05) is 13.1 Å². The first kappa shape index (κ1) is 21.6. The van der Waals surface area contributed by atoms with Crippen LogP contribution >= 0.6 is 0 Å². The van der Waals surface area contributed by atoms with E-state index in [-0.39, 0.29) is 35.8 Å². The van der Waals surface area contributed by atoms with Gasteiger partial charge < -0.3 is 5.11 Å². The number of carbonyl (C=O) groups excluding carboxylic acids is 1. The molecule has 1 amide bonds. The summed E-state index contributed by atoms with van der Waals surface area (Å²) in [6, 6.07) is 0. The quantitative estimate of drug-likeness (QED) is 0.675. The molecule has 2 aliphatic rings. The van der Waals surface area contributed by atoms with E-state index in [4.69, 9.17) is 0 Å². The van der Waals surface area contributed by atoms with Crippen LogP contribution in [0.1, 0.15) is 19.3 Å². The number of aromatic nitrogens is 2. The molecule has 2 atom stereocenters. The van der Waals surface area contributed by atoms with E-state index in [1.165, 1.54) is 17.9 Å². The van der Waals surface area contributed by atoms with Gasteiger partial charge in [0.1, 0.15) is 10.6 Å². The topological polar surface area (TPSA) is 108 Å². The number of carbonyl (C=O) groups is 1. The lowest BCUT2D eigenvalue weighted by molar-refractivity contribution is -0.195. The normalized spacial score (nSPS) is 26.4. The van der Waals surface area contributed by atoms with Gasteiger partial charge in [0.05, 0.1) is 12.1 Å². The van der Waals surface area contributed by atoms with Gasteiger partial charge in [-0.2, -0.15) is 19.5 Å². The lowest BCUT2D eigenvalue weighted by Crippen LogP contribution is -2.55. The van der Waals surface area contributed by atoms with Gasteiger partial charge in [-0.1, -0.05) is 0 Å². The smallest absolute Gasteiger partial charge is 0.287 e. The number of alkyl halides is 4. The molecule has 0 aromatic carbocycles. The minimum absolute atomic E-state index is 0.00990. The molecule has 162 valence electrons. The third kappa shape index (κ3) is 3.88. The van der Waals surface area contributed by atoms with Crippen LogP contribution in [0.25, 0.3) is 0 Å². The number of hydrogen-bond donors (Lipinski definition) is 1. The molecule has 3 heterocycles. The van der Waals surface area contributed by atoms with Crippen LogP contribution in [0, 0.1) is 5.92 Å². The minimum Gasteiger partial charge on any atom is -0.364 e. The van der Waals surface area contributed by atoms with Crippen LogP contribution in [0.15, 0.2) is 22.4 Å². The summed E-state index contributed by atoms with van der Waals surface area (Å²) in [7, 11) is -2.46. The molecule has 1 aromatic rings. The fourth-order valence-corrected chi connectivity index (χ4v) is 4.85. The van der Waals surface area contributed by atoms with Crippen molar-refractivity contribution in [2.24, 2.45) is 18.1 Å². The van der Waals surface area contributed by atoms with E-state index in [2.05, 4.69) is 10.2 Å². The fourth-order valence-electron chi connectivity index (χ4n) is 3.34. The number of hydrogen-bond acceptors (Lipinski definition) is 6. The highest BCUT2D eigenvalue weighted by Crippen LogP contribution is 2.35. The predicted octanol–water partition coefficient (Wildman–Crippen LogP) is 0.628. The van der Waals surface area contributed by atoms with E-state index in [1.807, 2.05) is 0 Å². The average Bonchev–Trinajstić information content (AvgIpc) is 3.26. The second-order valence-corrected chi connectivity index (χ2v) is 8.89. The number of nitrogens with zero attached hydrogens (tertiary/aromatic N) is 5. The van der Waals surface area contributed by atoms with Crippen LogP contribution in [0.3, 0.4) is 0 Å². The van der Waals surface area contributed by atoms with Gasteiger partial charge in [0, 0.05) is 32.8 Å². The van der Waals surface area contributed by atoms with Gasteiger partial charge >= 0.3 is 0 Å². The average molecular weight is 441 g/mol. The van der Waals surface area contributed by atoms with Gasteiger partial charge in [0.15, 0.2) is 0 Å². The molecule has 3 rings (SSSR count). The molecule has 1 aromatic heterocycles. The van der Waals surface area contributed by atoms with Crippen LogP contribution in [0.2, 0.25) is 0 Å². The van der Waals surface area contributed by atoms with Crippen LogP contribution in [0.5, 0.6) is 0 Å². The molecule has 0 unspecified atom stereocenters. The van der Waals surface area contributed by atoms with Crippen molar-refractivity contribution in [2.45, 2.75) is 42.7 Å². The molecule has 1 saturated heterocycles. The van der Waals surface area contributed by atoms with E-state index in [0.29, 0.717) is 0 Å². The molecule has 0 saturated carbocycles. The molecular weight excluding hydrogens is 422 g/mol. The Balaban J connectivity index is 1.83. The second-order valence-electron chi connectivity index (χ2n) is 6.95. The largest absolute Gasteiger partial charge is 0.364 e. The summed E-state index contributed by atoms with van der Waals surface area (Å²) in [5.41, 5.74) is -4.22. The Labute approximate surface area is 163 Å². The van der Waals surface area contributed by atoms with Crippen molar-refractivity contribution in [3.63, 3.8) is 0 Å². The molecule has 1 fully saturated rings. The number of piperidine rings is 1. The van der Waals surface area contributed by atoms with Crippen LogP contribution in [-0.4, -0.2) is 75.9 Å². The monoisotopic (exact) mass is 441 g/mol. The van der Waals surface area contributed by atoms with Crippen molar-refractivity contribution in [3.05, 3.63) is 12.4 Å². The Kier molecular flexibility index (Phi) is 5.71. The van der Waals surface area contributed by atoms with Gasteiger partial charge in [-0.25, -0.2) is 26.0 Å².